The highest BCUT2D eigenvalue weighted by molar-refractivity contribution is 5.75. The van der Waals surface area contributed by atoms with E-state index in [2.05, 4.69) is 23.6 Å². The predicted octanol–water partition coefficient (Wildman–Crippen LogP) is 2.39. The minimum atomic E-state index is -0.162. The van der Waals surface area contributed by atoms with Gasteiger partial charge in [-0.1, -0.05) is 44.2 Å². The van der Waals surface area contributed by atoms with E-state index in [0.29, 0.717) is 12.5 Å². The van der Waals surface area contributed by atoms with Crippen LogP contribution in [0.4, 0.5) is 0 Å². The minimum Gasteiger partial charge on any atom is -0.460 e. The molecule has 0 radical (unpaired) electrons. The number of nitrogens with zero attached hydrogens (tertiary/aromatic N) is 2. The molecule has 22 heavy (non-hydrogen) atoms. The third kappa shape index (κ3) is 5.11. The van der Waals surface area contributed by atoms with E-state index in [4.69, 9.17) is 4.74 Å². The Morgan fingerprint density at radius 2 is 1.73 bits per heavy atom. The molecule has 1 aromatic rings. The largest absolute Gasteiger partial charge is 0.460 e. The molecule has 0 aromatic heterocycles. The lowest BCUT2D eigenvalue weighted by Gasteiger charge is -2.37. The summed E-state index contributed by atoms with van der Waals surface area (Å²) < 4.78 is 5.44. The van der Waals surface area contributed by atoms with Crippen molar-refractivity contribution >= 4 is 5.97 Å². The normalized spacial score (nSPS) is 18.4. The summed E-state index contributed by atoms with van der Waals surface area (Å²) in [6.45, 7) is 11.9. The number of hydrogen-bond acceptors (Lipinski definition) is 4. The van der Waals surface area contributed by atoms with E-state index in [1.165, 1.54) is 0 Å². The molecule has 4 heteroatoms. The van der Waals surface area contributed by atoms with Gasteiger partial charge in [-0.2, -0.15) is 0 Å². The van der Waals surface area contributed by atoms with Crippen LogP contribution in [-0.2, 0) is 16.1 Å². The first-order valence-corrected chi connectivity index (χ1v) is 8.23. The van der Waals surface area contributed by atoms with Crippen molar-refractivity contribution in [2.24, 2.45) is 5.92 Å². The van der Waals surface area contributed by atoms with Gasteiger partial charge in [0.25, 0.3) is 0 Å². The summed E-state index contributed by atoms with van der Waals surface area (Å²) in [5.41, 5.74) is 1.03. The fourth-order valence-electron chi connectivity index (χ4n) is 2.85. The molecular weight excluding hydrogens is 276 g/mol. The molecule has 4 nitrogen and oxygen atoms in total. The van der Waals surface area contributed by atoms with E-state index < -0.39 is 0 Å². The van der Waals surface area contributed by atoms with Crippen LogP contribution in [0.3, 0.4) is 0 Å². The maximum atomic E-state index is 12.2. The molecule has 1 aliphatic heterocycles. The lowest BCUT2D eigenvalue weighted by atomic mass is 10.1. The second-order valence-corrected chi connectivity index (χ2v) is 6.50. The Morgan fingerprint density at radius 3 is 2.32 bits per heavy atom. The molecule has 122 valence electrons. The van der Waals surface area contributed by atoms with Crippen LogP contribution in [0.15, 0.2) is 30.3 Å². The fraction of sp³-hybridized carbons (Fsp3) is 0.611. The van der Waals surface area contributed by atoms with Crippen LogP contribution in [0.1, 0.15) is 26.3 Å². The molecule has 1 heterocycles. The molecular formula is C18H28N2O2. The van der Waals surface area contributed by atoms with E-state index in [1.807, 2.05) is 37.3 Å². The summed E-state index contributed by atoms with van der Waals surface area (Å²) in [5.74, 6) is 0.570. The van der Waals surface area contributed by atoms with Crippen molar-refractivity contribution in [3.05, 3.63) is 35.9 Å². The number of benzene rings is 1. The highest BCUT2D eigenvalue weighted by atomic mass is 16.5. The summed E-state index contributed by atoms with van der Waals surface area (Å²) >= 11 is 0. The first-order chi connectivity index (χ1) is 10.6. The first-order valence-electron chi connectivity index (χ1n) is 8.23. The molecule has 1 unspecified atom stereocenters. The quantitative estimate of drug-likeness (QED) is 0.756. The van der Waals surface area contributed by atoms with Crippen molar-refractivity contribution in [3.63, 3.8) is 0 Å². The monoisotopic (exact) mass is 304 g/mol. The maximum Gasteiger partial charge on any atom is 0.323 e. The van der Waals surface area contributed by atoms with Gasteiger partial charge < -0.3 is 9.64 Å². The lowest BCUT2D eigenvalue weighted by Crippen LogP contribution is -2.52. The molecule has 1 aliphatic rings. The first kappa shape index (κ1) is 17.0. The van der Waals surface area contributed by atoms with Gasteiger partial charge in [0.2, 0.25) is 0 Å². The molecule has 1 saturated heterocycles. The maximum absolute atomic E-state index is 12.2. The zero-order valence-corrected chi connectivity index (χ0v) is 14.0. The Balaban J connectivity index is 1.74. The standard InChI is InChI=1S/C18H28N2O2/c1-15(2)13-19-9-11-20(12-10-19)16(3)18(21)22-14-17-7-5-4-6-8-17/h4-8,15-16H,9-14H2,1-3H3. The van der Waals surface area contributed by atoms with E-state index in [0.717, 1.165) is 38.3 Å². The number of piperazine rings is 1. The van der Waals surface area contributed by atoms with Crippen molar-refractivity contribution in [3.8, 4) is 0 Å². The van der Waals surface area contributed by atoms with Crippen molar-refractivity contribution < 1.29 is 9.53 Å². The highest BCUT2D eigenvalue weighted by Gasteiger charge is 2.26. The van der Waals surface area contributed by atoms with Gasteiger partial charge in [0, 0.05) is 32.7 Å². The summed E-state index contributed by atoms with van der Waals surface area (Å²) in [6.07, 6.45) is 0. The molecule has 2 rings (SSSR count). The SMILES string of the molecule is CC(C)CN1CCN(C(C)C(=O)OCc2ccccc2)CC1. The lowest BCUT2D eigenvalue weighted by molar-refractivity contribution is -0.151. The Morgan fingerprint density at radius 1 is 1.09 bits per heavy atom. The van der Waals surface area contributed by atoms with Crippen molar-refractivity contribution in [2.75, 3.05) is 32.7 Å². The van der Waals surface area contributed by atoms with Crippen molar-refractivity contribution in [1.82, 2.24) is 9.80 Å². The number of rotatable bonds is 6. The Bertz CT molecular complexity index is 453. The third-order valence-corrected chi connectivity index (χ3v) is 4.14. The summed E-state index contributed by atoms with van der Waals surface area (Å²) in [5, 5.41) is 0. The highest BCUT2D eigenvalue weighted by Crippen LogP contribution is 2.10. The number of ether oxygens (including phenoxy) is 1. The van der Waals surface area contributed by atoms with Gasteiger partial charge in [-0.25, -0.2) is 0 Å². The molecule has 0 amide bonds. The van der Waals surface area contributed by atoms with Gasteiger partial charge in [0.1, 0.15) is 12.6 Å². The smallest absolute Gasteiger partial charge is 0.323 e. The predicted molar refractivity (Wildman–Crippen MR) is 88.6 cm³/mol. The molecule has 0 saturated carbocycles. The average Bonchev–Trinajstić information content (AvgIpc) is 2.53. The van der Waals surface area contributed by atoms with Crippen LogP contribution in [-0.4, -0.2) is 54.5 Å². The number of esters is 1. The van der Waals surface area contributed by atoms with Crippen LogP contribution < -0.4 is 0 Å². The molecule has 0 aliphatic carbocycles. The third-order valence-electron chi connectivity index (χ3n) is 4.14. The number of hydrogen-bond donors (Lipinski definition) is 0. The van der Waals surface area contributed by atoms with Crippen molar-refractivity contribution in [1.29, 1.82) is 0 Å². The molecule has 0 N–H and O–H groups in total. The topological polar surface area (TPSA) is 32.8 Å². The minimum absolute atomic E-state index is 0.124. The Labute approximate surface area is 134 Å². The molecule has 1 atom stereocenters. The van der Waals surface area contributed by atoms with Gasteiger partial charge in [0.15, 0.2) is 0 Å². The summed E-state index contributed by atoms with van der Waals surface area (Å²) in [7, 11) is 0. The van der Waals surface area contributed by atoms with E-state index in [1.54, 1.807) is 0 Å². The van der Waals surface area contributed by atoms with Crippen LogP contribution in [0.5, 0.6) is 0 Å². The van der Waals surface area contributed by atoms with Crippen LogP contribution >= 0.6 is 0 Å². The van der Waals surface area contributed by atoms with Crippen molar-refractivity contribution in [2.45, 2.75) is 33.4 Å². The average molecular weight is 304 g/mol. The van der Waals surface area contributed by atoms with E-state index in [9.17, 15) is 4.79 Å². The molecule has 0 spiro atoms. The summed E-state index contributed by atoms with van der Waals surface area (Å²) in [6, 6.07) is 9.67. The van der Waals surface area contributed by atoms with Gasteiger partial charge in [0.05, 0.1) is 0 Å². The zero-order valence-electron chi connectivity index (χ0n) is 14.0. The van der Waals surface area contributed by atoms with Gasteiger partial charge in [-0.15, -0.1) is 0 Å². The van der Waals surface area contributed by atoms with Gasteiger partial charge in [-0.05, 0) is 18.4 Å². The second kappa shape index (κ2) is 8.30. The van der Waals surface area contributed by atoms with Gasteiger partial charge in [-0.3, -0.25) is 9.69 Å². The molecule has 0 bridgehead atoms. The zero-order chi connectivity index (χ0) is 15.9. The fourth-order valence-corrected chi connectivity index (χ4v) is 2.85. The van der Waals surface area contributed by atoms with Gasteiger partial charge >= 0.3 is 5.97 Å². The second-order valence-electron chi connectivity index (χ2n) is 6.50. The Hall–Kier alpha value is -1.39. The number of carbonyl (C=O) groups excluding carboxylic acids is 1. The molecule has 1 fully saturated rings. The number of carbonyl (C=O) groups is 1. The molecule has 1 aromatic carbocycles. The van der Waals surface area contributed by atoms with Crippen LogP contribution in [0.25, 0.3) is 0 Å². The van der Waals surface area contributed by atoms with Crippen LogP contribution in [0, 0.1) is 5.92 Å². The van der Waals surface area contributed by atoms with E-state index in [-0.39, 0.29) is 12.0 Å². The van der Waals surface area contributed by atoms with Crippen LogP contribution in [0.2, 0.25) is 0 Å². The Kier molecular flexibility index (Phi) is 6.40. The van der Waals surface area contributed by atoms with E-state index >= 15 is 0 Å². The summed E-state index contributed by atoms with van der Waals surface area (Å²) in [4.78, 5) is 16.9.